The number of nitrogens with two attached hydrogens (primary N) is 1. The minimum absolute atomic E-state index is 0.313. The highest BCUT2D eigenvalue weighted by atomic mass is 35.5. The highest BCUT2D eigenvalue weighted by Crippen LogP contribution is 2.39. The lowest BCUT2D eigenvalue weighted by Gasteiger charge is -2.15. The van der Waals surface area contributed by atoms with Gasteiger partial charge in [0, 0.05) is 6.07 Å². The Morgan fingerprint density at radius 1 is 0.935 bits per heavy atom. The van der Waals surface area contributed by atoms with Gasteiger partial charge in [0.25, 0.3) is 0 Å². The molecule has 2 heterocycles. The molecule has 4 N–H and O–H groups in total. The second-order valence-electron chi connectivity index (χ2n) is 6.27. The third kappa shape index (κ3) is 4.21. The van der Waals surface area contributed by atoms with Gasteiger partial charge in [-0.3, -0.25) is 0 Å². The molecule has 11 heteroatoms. The van der Waals surface area contributed by atoms with Crippen LogP contribution in [0.4, 0.5) is 28.1 Å². The molecule has 0 amide bonds. The number of rotatable bonds is 7. The first kappa shape index (κ1) is 20.8. The first-order valence-electron chi connectivity index (χ1n) is 9.03. The number of aromatic nitrogens is 3. The van der Waals surface area contributed by atoms with Crippen molar-refractivity contribution in [3.63, 3.8) is 0 Å². The van der Waals surface area contributed by atoms with Gasteiger partial charge in [0.2, 0.25) is 0 Å². The van der Waals surface area contributed by atoms with Gasteiger partial charge in [0.15, 0.2) is 16.8 Å². The van der Waals surface area contributed by atoms with Crippen molar-refractivity contribution >= 4 is 61.3 Å². The zero-order valence-corrected chi connectivity index (χ0v) is 18.5. The molecule has 9 nitrogen and oxygen atoms in total. The van der Waals surface area contributed by atoms with Gasteiger partial charge in [-0.25, -0.2) is 15.0 Å². The maximum Gasteiger partial charge on any atom is 0.189 e. The van der Waals surface area contributed by atoms with Gasteiger partial charge in [0.05, 0.1) is 42.3 Å². The molecule has 0 saturated heterocycles. The van der Waals surface area contributed by atoms with Crippen LogP contribution in [-0.4, -0.2) is 36.3 Å². The minimum atomic E-state index is 0.313. The molecule has 0 radical (unpaired) electrons. The summed E-state index contributed by atoms with van der Waals surface area (Å²) in [6.45, 7) is 0. The van der Waals surface area contributed by atoms with Crippen LogP contribution in [0.25, 0.3) is 10.2 Å². The molecule has 0 unspecified atom stereocenters. The predicted octanol–water partition coefficient (Wildman–Crippen LogP) is 4.83. The van der Waals surface area contributed by atoms with Crippen molar-refractivity contribution in [2.24, 2.45) is 0 Å². The summed E-state index contributed by atoms with van der Waals surface area (Å²) in [6, 6.07) is 9.03. The number of methoxy groups -OCH3 is 3. The number of anilines is 5. The number of benzene rings is 2. The molecule has 0 fully saturated rings. The predicted molar refractivity (Wildman–Crippen MR) is 124 cm³/mol. The van der Waals surface area contributed by atoms with E-state index in [9.17, 15) is 0 Å². The summed E-state index contributed by atoms with van der Waals surface area (Å²) in [7, 11) is 4.71. The Balaban J connectivity index is 1.62. The Labute approximate surface area is 187 Å². The van der Waals surface area contributed by atoms with E-state index in [0.717, 1.165) is 16.0 Å². The van der Waals surface area contributed by atoms with Crippen molar-refractivity contribution in [3.8, 4) is 17.2 Å². The van der Waals surface area contributed by atoms with E-state index in [1.165, 1.54) is 24.8 Å². The number of nitrogen functional groups attached to an aromatic ring is 1. The first-order valence-corrected chi connectivity index (χ1v) is 10.2. The number of nitrogens with one attached hydrogen (secondary N) is 2. The molecule has 160 valence electrons. The van der Waals surface area contributed by atoms with Gasteiger partial charge in [-0.05, 0) is 24.3 Å². The number of hydrogen-bond donors (Lipinski definition) is 3. The second-order valence-corrected chi connectivity index (χ2v) is 7.71. The minimum Gasteiger partial charge on any atom is -0.497 e. The van der Waals surface area contributed by atoms with Crippen LogP contribution < -0.4 is 30.6 Å². The molecule has 2 aromatic heterocycles. The molecule has 0 bridgehead atoms. The molecular weight excluding hydrogens is 440 g/mol. The molecule has 0 aliphatic carbocycles. The molecule has 0 spiro atoms. The summed E-state index contributed by atoms with van der Waals surface area (Å²) in [5.74, 6) is 2.59. The Hall–Kier alpha value is -3.50. The molecule has 31 heavy (non-hydrogen) atoms. The standard InChI is InChI=1S/C20H19ClN6O3S/c1-28-10-4-5-12-16(6-10)31-20(26-12)27-19-17(22)18(23-9-24-19)25-13-7-11(21)14(29-2)8-15(13)30-3/h4-9H,22H2,1-3H3,(H2,23,24,25,26,27). The van der Waals surface area contributed by atoms with Gasteiger partial charge < -0.3 is 30.6 Å². The van der Waals surface area contributed by atoms with Crippen LogP contribution in [0.1, 0.15) is 0 Å². The first-order chi connectivity index (χ1) is 15.0. The molecular formula is C20H19ClN6O3S. The van der Waals surface area contributed by atoms with E-state index in [1.807, 2.05) is 18.2 Å². The maximum atomic E-state index is 6.31. The Morgan fingerprint density at radius 2 is 1.68 bits per heavy atom. The van der Waals surface area contributed by atoms with Crippen LogP contribution in [-0.2, 0) is 0 Å². The topological polar surface area (TPSA) is 116 Å². The average Bonchev–Trinajstić information content (AvgIpc) is 3.18. The van der Waals surface area contributed by atoms with E-state index < -0.39 is 0 Å². The lowest BCUT2D eigenvalue weighted by atomic mass is 10.2. The molecule has 4 rings (SSSR count). The van der Waals surface area contributed by atoms with Crippen molar-refractivity contribution in [2.45, 2.75) is 0 Å². The Bertz CT molecular complexity index is 1250. The zero-order chi connectivity index (χ0) is 22.0. The lowest BCUT2D eigenvalue weighted by molar-refractivity contribution is 0.396. The smallest absolute Gasteiger partial charge is 0.189 e. The lowest BCUT2D eigenvalue weighted by Crippen LogP contribution is -2.06. The normalized spacial score (nSPS) is 10.7. The number of hydrogen-bond acceptors (Lipinski definition) is 10. The van der Waals surface area contributed by atoms with E-state index >= 15 is 0 Å². The molecule has 0 saturated carbocycles. The van der Waals surface area contributed by atoms with E-state index in [-0.39, 0.29) is 0 Å². The fourth-order valence-corrected chi connectivity index (χ4v) is 4.00. The highest BCUT2D eigenvalue weighted by Gasteiger charge is 2.15. The van der Waals surface area contributed by atoms with Crippen LogP contribution in [0.2, 0.25) is 5.02 Å². The van der Waals surface area contributed by atoms with Crippen molar-refractivity contribution in [2.75, 3.05) is 37.7 Å². The summed E-state index contributed by atoms with van der Waals surface area (Å²) in [6.07, 6.45) is 1.40. The molecule has 0 aliphatic rings. The fourth-order valence-electron chi connectivity index (χ4n) is 2.87. The molecule has 0 atom stereocenters. The second kappa shape index (κ2) is 8.70. The number of nitrogens with zero attached hydrogens (tertiary/aromatic N) is 3. The molecule has 2 aromatic carbocycles. The SMILES string of the molecule is COc1ccc2nc(Nc3ncnc(Nc4cc(Cl)c(OC)cc4OC)c3N)sc2c1. The Kier molecular flexibility index (Phi) is 5.83. The van der Waals surface area contributed by atoms with E-state index in [2.05, 4.69) is 25.6 Å². The largest absolute Gasteiger partial charge is 0.497 e. The van der Waals surface area contributed by atoms with E-state index in [1.54, 1.807) is 26.4 Å². The van der Waals surface area contributed by atoms with Crippen LogP contribution >= 0.6 is 22.9 Å². The maximum absolute atomic E-state index is 6.31. The highest BCUT2D eigenvalue weighted by molar-refractivity contribution is 7.22. The monoisotopic (exact) mass is 458 g/mol. The van der Waals surface area contributed by atoms with Gasteiger partial charge in [0.1, 0.15) is 29.3 Å². The summed E-state index contributed by atoms with van der Waals surface area (Å²) in [4.78, 5) is 13.0. The van der Waals surface area contributed by atoms with Crippen LogP contribution in [0.5, 0.6) is 17.2 Å². The van der Waals surface area contributed by atoms with Crippen LogP contribution in [0, 0.1) is 0 Å². The van der Waals surface area contributed by atoms with Crippen molar-refractivity contribution in [3.05, 3.63) is 41.7 Å². The molecule has 0 aliphatic heterocycles. The fraction of sp³-hybridized carbons (Fsp3) is 0.150. The zero-order valence-electron chi connectivity index (χ0n) is 16.9. The third-order valence-corrected chi connectivity index (χ3v) is 5.66. The van der Waals surface area contributed by atoms with E-state index in [4.69, 9.17) is 31.5 Å². The molecule has 4 aromatic rings. The number of ether oxygens (including phenoxy) is 3. The van der Waals surface area contributed by atoms with Crippen molar-refractivity contribution < 1.29 is 14.2 Å². The third-order valence-electron chi connectivity index (χ3n) is 4.43. The van der Waals surface area contributed by atoms with Gasteiger partial charge in [-0.15, -0.1) is 0 Å². The number of fused-ring (bicyclic) bond motifs is 1. The van der Waals surface area contributed by atoms with E-state index in [0.29, 0.717) is 44.7 Å². The Morgan fingerprint density at radius 3 is 2.39 bits per heavy atom. The quantitative estimate of drug-likeness (QED) is 0.357. The van der Waals surface area contributed by atoms with Gasteiger partial charge in [-0.2, -0.15) is 0 Å². The van der Waals surface area contributed by atoms with Crippen LogP contribution in [0.15, 0.2) is 36.7 Å². The number of halogens is 1. The average molecular weight is 459 g/mol. The van der Waals surface area contributed by atoms with Crippen molar-refractivity contribution in [1.82, 2.24) is 15.0 Å². The van der Waals surface area contributed by atoms with Crippen molar-refractivity contribution in [1.29, 1.82) is 0 Å². The van der Waals surface area contributed by atoms with Crippen LogP contribution in [0.3, 0.4) is 0 Å². The van der Waals surface area contributed by atoms with Gasteiger partial charge in [-0.1, -0.05) is 22.9 Å². The summed E-state index contributed by atoms with van der Waals surface area (Å²) < 4.78 is 16.9. The summed E-state index contributed by atoms with van der Waals surface area (Å²) >= 11 is 7.71. The van der Waals surface area contributed by atoms with Gasteiger partial charge >= 0.3 is 0 Å². The number of thiazole rings is 1. The summed E-state index contributed by atoms with van der Waals surface area (Å²) in [5, 5.41) is 7.36. The summed E-state index contributed by atoms with van der Waals surface area (Å²) in [5.41, 5.74) is 8.05.